The Hall–Kier alpha value is -2.49. The molecule has 4 nitrogen and oxygen atoms in total. The molecular weight excluding hydrogens is 276 g/mol. The predicted molar refractivity (Wildman–Crippen MR) is 86.0 cm³/mol. The van der Waals surface area contributed by atoms with E-state index in [9.17, 15) is 4.79 Å². The van der Waals surface area contributed by atoms with Crippen molar-refractivity contribution in [2.24, 2.45) is 0 Å². The highest BCUT2D eigenvalue weighted by Gasteiger charge is 2.20. The lowest BCUT2D eigenvalue weighted by molar-refractivity contribution is 0.214. The first kappa shape index (κ1) is 14.4. The number of ether oxygens (including phenoxy) is 1. The van der Waals surface area contributed by atoms with E-state index >= 15 is 0 Å². The van der Waals surface area contributed by atoms with Crippen molar-refractivity contribution in [3.63, 3.8) is 0 Å². The van der Waals surface area contributed by atoms with E-state index in [4.69, 9.17) is 4.74 Å². The first-order valence-electron chi connectivity index (χ1n) is 7.51. The molecule has 1 atom stereocenters. The standard InChI is InChI=1S/C18H20N2O2/c1-13-6-8-14(9-7-13)11-19-18(21)20-16-10-15-4-2-3-5-17(15)22-12-16/h2-9,16H,10-12H2,1H3,(H2,19,20,21)/t16-/m1/s1. The first-order chi connectivity index (χ1) is 10.7. The number of rotatable bonds is 3. The van der Waals surface area contributed by atoms with E-state index in [-0.39, 0.29) is 12.1 Å². The van der Waals surface area contributed by atoms with Crippen molar-refractivity contribution in [1.29, 1.82) is 0 Å². The number of amides is 2. The van der Waals surface area contributed by atoms with Crippen LogP contribution in [0.2, 0.25) is 0 Å². The van der Waals surface area contributed by atoms with Crippen LogP contribution in [0, 0.1) is 6.92 Å². The van der Waals surface area contributed by atoms with E-state index in [1.807, 2.05) is 55.5 Å². The van der Waals surface area contributed by atoms with Gasteiger partial charge in [-0.3, -0.25) is 0 Å². The van der Waals surface area contributed by atoms with E-state index in [1.165, 1.54) is 5.56 Å². The lowest BCUT2D eigenvalue weighted by Gasteiger charge is -2.26. The molecule has 2 aromatic carbocycles. The fourth-order valence-corrected chi connectivity index (χ4v) is 2.55. The molecule has 0 aromatic heterocycles. The van der Waals surface area contributed by atoms with E-state index in [2.05, 4.69) is 10.6 Å². The highest BCUT2D eigenvalue weighted by atomic mass is 16.5. The molecular formula is C18H20N2O2. The van der Waals surface area contributed by atoms with E-state index < -0.39 is 0 Å². The van der Waals surface area contributed by atoms with Gasteiger partial charge in [0.1, 0.15) is 12.4 Å². The van der Waals surface area contributed by atoms with E-state index in [0.717, 1.165) is 23.3 Å². The number of benzene rings is 2. The third-order valence-electron chi connectivity index (χ3n) is 3.79. The molecule has 0 aliphatic carbocycles. The molecule has 2 aromatic rings. The van der Waals surface area contributed by atoms with Gasteiger partial charge in [-0.2, -0.15) is 0 Å². The van der Waals surface area contributed by atoms with Crippen LogP contribution in [-0.4, -0.2) is 18.7 Å². The smallest absolute Gasteiger partial charge is 0.315 e. The molecule has 114 valence electrons. The van der Waals surface area contributed by atoms with Gasteiger partial charge in [0.2, 0.25) is 0 Å². The second-order valence-electron chi connectivity index (χ2n) is 5.63. The number of hydrogen-bond acceptors (Lipinski definition) is 2. The SMILES string of the molecule is Cc1ccc(CNC(=O)N[C@H]2COc3ccccc3C2)cc1. The van der Waals surface area contributed by atoms with Crippen LogP contribution in [0.25, 0.3) is 0 Å². The number of carbonyl (C=O) groups is 1. The van der Waals surface area contributed by atoms with Crippen molar-refractivity contribution in [3.05, 3.63) is 65.2 Å². The summed E-state index contributed by atoms with van der Waals surface area (Å²) < 4.78 is 5.67. The number of hydrogen-bond donors (Lipinski definition) is 2. The summed E-state index contributed by atoms with van der Waals surface area (Å²) in [4.78, 5) is 12.0. The van der Waals surface area contributed by atoms with Gasteiger partial charge in [0.15, 0.2) is 0 Å². The van der Waals surface area contributed by atoms with Crippen LogP contribution in [0.1, 0.15) is 16.7 Å². The Labute approximate surface area is 130 Å². The van der Waals surface area contributed by atoms with Gasteiger partial charge in [-0.15, -0.1) is 0 Å². The Morgan fingerprint density at radius 1 is 1.18 bits per heavy atom. The van der Waals surface area contributed by atoms with Gasteiger partial charge in [0.05, 0.1) is 6.04 Å². The highest BCUT2D eigenvalue weighted by molar-refractivity contribution is 5.74. The molecule has 0 bridgehead atoms. The van der Waals surface area contributed by atoms with Gasteiger partial charge in [0, 0.05) is 6.54 Å². The van der Waals surface area contributed by atoms with Crippen LogP contribution in [-0.2, 0) is 13.0 Å². The van der Waals surface area contributed by atoms with Crippen LogP contribution >= 0.6 is 0 Å². The monoisotopic (exact) mass is 296 g/mol. The maximum Gasteiger partial charge on any atom is 0.315 e. The van der Waals surface area contributed by atoms with Crippen LogP contribution in [0.15, 0.2) is 48.5 Å². The average Bonchev–Trinajstić information content (AvgIpc) is 2.54. The molecule has 1 heterocycles. The van der Waals surface area contributed by atoms with Crippen molar-refractivity contribution < 1.29 is 9.53 Å². The number of para-hydroxylation sites is 1. The maximum absolute atomic E-state index is 12.0. The molecule has 0 fully saturated rings. The zero-order valence-corrected chi connectivity index (χ0v) is 12.6. The van der Waals surface area contributed by atoms with Gasteiger partial charge in [-0.25, -0.2) is 4.79 Å². The van der Waals surface area contributed by atoms with Crippen LogP contribution in [0.3, 0.4) is 0 Å². The zero-order chi connectivity index (χ0) is 15.4. The minimum Gasteiger partial charge on any atom is -0.491 e. The molecule has 0 saturated carbocycles. The fourth-order valence-electron chi connectivity index (χ4n) is 2.55. The molecule has 22 heavy (non-hydrogen) atoms. The Kier molecular flexibility index (Phi) is 4.28. The Morgan fingerprint density at radius 3 is 2.77 bits per heavy atom. The Balaban J connectivity index is 1.49. The van der Waals surface area contributed by atoms with Gasteiger partial charge >= 0.3 is 6.03 Å². The van der Waals surface area contributed by atoms with Gasteiger partial charge < -0.3 is 15.4 Å². The topological polar surface area (TPSA) is 50.4 Å². The minimum absolute atomic E-state index is 0.00733. The average molecular weight is 296 g/mol. The number of fused-ring (bicyclic) bond motifs is 1. The lowest BCUT2D eigenvalue weighted by atomic mass is 10.0. The molecule has 0 spiro atoms. The highest BCUT2D eigenvalue weighted by Crippen LogP contribution is 2.23. The number of carbonyl (C=O) groups excluding carboxylic acids is 1. The first-order valence-corrected chi connectivity index (χ1v) is 7.51. The molecule has 1 aliphatic heterocycles. The quantitative estimate of drug-likeness (QED) is 0.915. The molecule has 0 radical (unpaired) electrons. The van der Waals surface area contributed by atoms with Crippen molar-refractivity contribution in [2.75, 3.05) is 6.61 Å². The number of nitrogens with one attached hydrogen (secondary N) is 2. The molecule has 3 rings (SSSR count). The van der Waals surface area contributed by atoms with Crippen LogP contribution in [0.4, 0.5) is 4.79 Å². The Bertz CT molecular complexity index is 652. The van der Waals surface area contributed by atoms with Crippen LogP contribution < -0.4 is 15.4 Å². The van der Waals surface area contributed by atoms with E-state index in [0.29, 0.717) is 13.2 Å². The van der Waals surface area contributed by atoms with Crippen LogP contribution in [0.5, 0.6) is 5.75 Å². The summed E-state index contributed by atoms with van der Waals surface area (Å²) in [6, 6.07) is 15.9. The summed E-state index contributed by atoms with van der Waals surface area (Å²) in [7, 11) is 0. The van der Waals surface area contributed by atoms with Crippen molar-refractivity contribution >= 4 is 6.03 Å². The lowest BCUT2D eigenvalue weighted by Crippen LogP contribution is -2.47. The summed E-state index contributed by atoms with van der Waals surface area (Å²) in [5, 5.41) is 5.85. The van der Waals surface area contributed by atoms with Crippen molar-refractivity contribution in [3.8, 4) is 5.75 Å². The number of urea groups is 1. The largest absolute Gasteiger partial charge is 0.491 e. The Morgan fingerprint density at radius 2 is 1.95 bits per heavy atom. The fraction of sp³-hybridized carbons (Fsp3) is 0.278. The molecule has 0 unspecified atom stereocenters. The second-order valence-corrected chi connectivity index (χ2v) is 5.63. The molecule has 2 N–H and O–H groups in total. The molecule has 0 saturated heterocycles. The van der Waals surface area contributed by atoms with Crippen molar-refractivity contribution in [1.82, 2.24) is 10.6 Å². The molecule has 2 amide bonds. The summed E-state index contributed by atoms with van der Waals surface area (Å²) >= 11 is 0. The minimum atomic E-state index is -0.159. The van der Waals surface area contributed by atoms with Gasteiger partial charge in [-0.1, -0.05) is 48.0 Å². The third kappa shape index (κ3) is 3.58. The molecule has 4 heteroatoms. The summed E-state index contributed by atoms with van der Waals surface area (Å²) in [5.74, 6) is 0.917. The maximum atomic E-state index is 12.0. The second kappa shape index (κ2) is 6.52. The predicted octanol–water partition coefficient (Wildman–Crippen LogP) is 2.80. The van der Waals surface area contributed by atoms with E-state index in [1.54, 1.807) is 0 Å². The third-order valence-corrected chi connectivity index (χ3v) is 3.79. The van der Waals surface area contributed by atoms with Gasteiger partial charge in [0.25, 0.3) is 0 Å². The summed E-state index contributed by atoms with van der Waals surface area (Å²) in [6.45, 7) is 3.08. The summed E-state index contributed by atoms with van der Waals surface area (Å²) in [5.41, 5.74) is 3.44. The normalized spacial score (nSPS) is 16.3. The number of aryl methyl sites for hydroxylation is 1. The van der Waals surface area contributed by atoms with Crippen molar-refractivity contribution in [2.45, 2.75) is 25.9 Å². The zero-order valence-electron chi connectivity index (χ0n) is 12.6. The molecule has 1 aliphatic rings. The van der Waals surface area contributed by atoms with Gasteiger partial charge in [-0.05, 0) is 30.5 Å². The summed E-state index contributed by atoms with van der Waals surface area (Å²) in [6.07, 6.45) is 0.800.